The average Bonchev–Trinajstić information content (AvgIpc) is 2.63. The largest absolute Gasteiger partial charge is 0.372 e. The summed E-state index contributed by atoms with van der Waals surface area (Å²) in [6.45, 7) is 3.95. The van der Waals surface area contributed by atoms with Crippen molar-refractivity contribution in [1.29, 1.82) is 0 Å². The Hall–Kier alpha value is -1.38. The average molecular weight is 241 g/mol. The summed E-state index contributed by atoms with van der Waals surface area (Å²) in [4.78, 5) is 0. The van der Waals surface area contributed by atoms with Crippen LogP contribution < -0.4 is 5.32 Å². The lowest BCUT2D eigenvalue weighted by molar-refractivity contribution is 0.0674. The molecule has 0 amide bonds. The van der Waals surface area contributed by atoms with Crippen LogP contribution in [-0.2, 0) is 4.74 Å². The third-order valence-corrected chi connectivity index (χ3v) is 3.69. The van der Waals surface area contributed by atoms with Crippen LogP contribution in [0.25, 0.3) is 10.8 Å². The second-order valence-corrected chi connectivity index (χ2v) is 5.03. The van der Waals surface area contributed by atoms with Crippen LogP contribution in [0.4, 0.5) is 0 Å². The van der Waals surface area contributed by atoms with E-state index in [-0.39, 0.29) is 6.10 Å². The van der Waals surface area contributed by atoms with Crippen LogP contribution >= 0.6 is 0 Å². The standard InChI is InChI=1S/C16H19NO/c1-12-9-10-18-16(11-17-12)15-8-4-6-13-5-2-3-7-14(13)15/h2-8,12,16-17H,9-11H2,1H3. The summed E-state index contributed by atoms with van der Waals surface area (Å²) in [5.41, 5.74) is 1.30. The number of benzene rings is 2. The molecule has 1 aliphatic heterocycles. The SMILES string of the molecule is CC1CCOC(c2cccc3ccccc23)CN1. The molecule has 0 radical (unpaired) electrons. The van der Waals surface area contributed by atoms with E-state index in [0.29, 0.717) is 6.04 Å². The van der Waals surface area contributed by atoms with Crippen molar-refractivity contribution in [3.63, 3.8) is 0 Å². The van der Waals surface area contributed by atoms with Crippen LogP contribution in [-0.4, -0.2) is 19.2 Å². The molecule has 2 aromatic carbocycles. The van der Waals surface area contributed by atoms with Crippen LogP contribution in [0.5, 0.6) is 0 Å². The Labute approximate surface area is 108 Å². The molecule has 2 unspecified atom stereocenters. The van der Waals surface area contributed by atoms with E-state index in [4.69, 9.17) is 4.74 Å². The second kappa shape index (κ2) is 5.09. The number of hydrogen-bond donors (Lipinski definition) is 1. The second-order valence-electron chi connectivity index (χ2n) is 5.03. The third-order valence-electron chi connectivity index (χ3n) is 3.69. The van der Waals surface area contributed by atoms with E-state index in [0.717, 1.165) is 19.6 Å². The summed E-state index contributed by atoms with van der Waals surface area (Å²) in [6.07, 6.45) is 1.25. The number of fused-ring (bicyclic) bond motifs is 1. The summed E-state index contributed by atoms with van der Waals surface area (Å²) >= 11 is 0. The first-order valence-electron chi connectivity index (χ1n) is 6.67. The van der Waals surface area contributed by atoms with Gasteiger partial charge in [0, 0.05) is 19.2 Å². The maximum atomic E-state index is 6.01. The van der Waals surface area contributed by atoms with Crippen molar-refractivity contribution in [2.24, 2.45) is 0 Å². The molecule has 2 aromatic rings. The van der Waals surface area contributed by atoms with Gasteiger partial charge in [0.05, 0.1) is 6.10 Å². The molecule has 3 rings (SSSR count). The minimum atomic E-state index is 0.168. The molecule has 1 heterocycles. The Balaban J connectivity index is 1.98. The van der Waals surface area contributed by atoms with Gasteiger partial charge in [-0.3, -0.25) is 0 Å². The van der Waals surface area contributed by atoms with E-state index in [9.17, 15) is 0 Å². The lowest BCUT2D eigenvalue weighted by Crippen LogP contribution is -2.27. The minimum Gasteiger partial charge on any atom is -0.372 e. The quantitative estimate of drug-likeness (QED) is 0.827. The van der Waals surface area contributed by atoms with E-state index in [1.807, 2.05) is 0 Å². The van der Waals surface area contributed by atoms with Crippen LogP contribution in [0.3, 0.4) is 0 Å². The number of nitrogens with one attached hydrogen (secondary N) is 1. The van der Waals surface area contributed by atoms with Crippen LogP contribution in [0.1, 0.15) is 25.0 Å². The summed E-state index contributed by atoms with van der Waals surface area (Å²) < 4.78 is 6.01. The Morgan fingerprint density at radius 1 is 1.11 bits per heavy atom. The smallest absolute Gasteiger partial charge is 0.0955 e. The Morgan fingerprint density at radius 2 is 1.94 bits per heavy atom. The summed E-state index contributed by atoms with van der Waals surface area (Å²) in [7, 11) is 0. The van der Waals surface area contributed by atoms with Crippen molar-refractivity contribution >= 4 is 10.8 Å². The molecule has 0 saturated carbocycles. The van der Waals surface area contributed by atoms with E-state index in [1.54, 1.807) is 0 Å². The van der Waals surface area contributed by atoms with E-state index >= 15 is 0 Å². The molecule has 1 saturated heterocycles. The lowest BCUT2D eigenvalue weighted by atomic mass is 10.0. The fourth-order valence-electron chi connectivity index (χ4n) is 2.59. The summed E-state index contributed by atoms with van der Waals surface area (Å²) in [5.74, 6) is 0. The normalized spacial score (nSPS) is 24.9. The van der Waals surface area contributed by atoms with Gasteiger partial charge in [-0.25, -0.2) is 0 Å². The van der Waals surface area contributed by atoms with Crippen molar-refractivity contribution in [1.82, 2.24) is 5.32 Å². The van der Waals surface area contributed by atoms with Gasteiger partial charge < -0.3 is 10.1 Å². The van der Waals surface area contributed by atoms with Gasteiger partial charge in [-0.2, -0.15) is 0 Å². The molecular formula is C16H19NO. The summed E-state index contributed by atoms with van der Waals surface area (Å²) in [6, 6.07) is 15.5. The Kier molecular flexibility index (Phi) is 3.31. The molecule has 1 aliphatic rings. The zero-order valence-corrected chi connectivity index (χ0v) is 10.7. The first-order chi connectivity index (χ1) is 8.84. The van der Waals surface area contributed by atoms with Gasteiger partial charge in [0.15, 0.2) is 0 Å². The lowest BCUT2D eigenvalue weighted by Gasteiger charge is -2.18. The maximum Gasteiger partial charge on any atom is 0.0955 e. The number of ether oxygens (including phenoxy) is 1. The minimum absolute atomic E-state index is 0.168. The molecule has 1 N–H and O–H groups in total. The zero-order chi connectivity index (χ0) is 12.4. The Bertz CT molecular complexity index is 532. The van der Waals surface area contributed by atoms with E-state index < -0.39 is 0 Å². The first-order valence-corrected chi connectivity index (χ1v) is 6.67. The van der Waals surface area contributed by atoms with Gasteiger partial charge in [-0.05, 0) is 29.7 Å². The molecule has 0 spiro atoms. The first kappa shape index (κ1) is 11.7. The third kappa shape index (κ3) is 2.26. The van der Waals surface area contributed by atoms with Gasteiger partial charge in [0.25, 0.3) is 0 Å². The number of rotatable bonds is 1. The van der Waals surface area contributed by atoms with Gasteiger partial charge in [0.2, 0.25) is 0 Å². The van der Waals surface area contributed by atoms with Gasteiger partial charge in [-0.15, -0.1) is 0 Å². The van der Waals surface area contributed by atoms with Crippen molar-refractivity contribution in [3.05, 3.63) is 48.0 Å². The summed E-state index contributed by atoms with van der Waals surface area (Å²) in [5, 5.41) is 6.13. The molecule has 2 heteroatoms. The highest BCUT2D eigenvalue weighted by atomic mass is 16.5. The topological polar surface area (TPSA) is 21.3 Å². The van der Waals surface area contributed by atoms with Gasteiger partial charge in [0.1, 0.15) is 0 Å². The predicted octanol–water partition coefficient (Wildman–Crippen LogP) is 3.28. The highest BCUT2D eigenvalue weighted by molar-refractivity contribution is 5.86. The van der Waals surface area contributed by atoms with Crippen LogP contribution in [0.2, 0.25) is 0 Å². The maximum absolute atomic E-state index is 6.01. The van der Waals surface area contributed by atoms with E-state index in [2.05, 4.69) is 54.7 Å². The highest BCUT2D eigenvalue weighted by Crippen LogP contribution is 2.27. The fourth-order valence-corrected chi connectivity index (χ4v) is 2.59. The molecule has 0 bridgehead atoms. The monoisotopic (exact) mass is 241 g/mol. The van der Waals surface area contributed by atoms with Crippen molar-refractivity contribution in [3.8, 4) is 0 Å². The molecule has 1 fully saturated rings. The van der Waals surface area contributed by atoms with E-state index in [1.165, 1.54) is 16.3 Å². The molecule has 0 aromatic heterocycles. The van der Waals surface area contributed by atoms with Crippen molar-refractivity contribution < 1.29 is 4.74 Å². The van der Waals surface area contributed by atoms with Gasteiger partial charge >= 0.3 is 0 Å². The van der Waals surface area contributed by atoms with Gasteiger partial charge in [-0.1, -0.05) is 42.5 Å². The zero-order valence-electron chi connectivity index (χ0n) is 10.7. The molecule has 2 nitrogen and oxygen atoms in total. The predicted molar refractivity (Wildman–Crippen MR) is 74.7 cm³/mol. The fraction of sp³-hybridized carbons (Fsp3) is 0.375. The molecule has 2 atom stereocenters. The van der Waals surface area contributed by atoms with Crippen molar-refractivity contribution in [2.75, 3.05) is 13.2 Å². The molecule has 18 heavy (non-hydrogen) atoms. The number of hydrogen-bond acceptors (Lipinski definition) is 2. The highest BCUT2D eigenvalue weighted by Gasteiger charge is 2.19. The van der Waals surface area contributed by atoms with Crippen molar-refractivity contribution in [2.45, 2.75) is 25.5 Å². The molecular weight excluding hydrogens is 222 g/mol. The van der Waals surface area contributed by atoms with Crippen LogP contribution in [0, 0.1) is 0 Å². The molecule has 94 valence electrons. The van der Waals surface area contributed by atoms with Crippen LogP contribution in [0.15, 0.2) is 42.5 Å². The molecule has 0 aliphatic carbocycles. The Morgan fingerprint density at radius 3 is 2.89 bits per heavy atom.